The van der Waals surface area contributed by atoms with Crippen LogP contribution in [0.25, 0.3) is 0 Å². The number of hydrogen-bond acceptors (Lipinski definition) is 7. The van der Waals surface area contributed by atoms with Crippen molar-refractivity contribution in [1.29, 1.82) is 0 Å². The molecule has 1 fully saturated rings. The molecule has 0 unspecified atom stereocenters. The first kappa shape index (κ1) is 21.1. The van der Waals surface area contributed by atoms with Crippen molar-refractivity contribution in [2.24, 2.45) is 0 Å². The monoisotopic (exact) mass is 447 g/mol. The molecule has 5 rings (SSSR count). The van der Waals surface area contributed by atoms with Gasteiger partial charge in [0.2, 0.25) is 5.95 Å². The van der Waals surface area contributed by atoms with E-state index in [1.54, 1.807) is 18.3 Å². The molecule has 9 heteroatoms. The molecule has 1 saturated heterocycles. The number of piperazine rings is 1. The predicted molar refractivity (Wildman–Crippen MR) is 127 cm³/mol. The number of amides is 1. The summed E-state index contributed by atoms with van der Waals surface area (Å²) in [7, 11) is 0. The second kappa shape index (κ2) is 9.03. The van der Waals surface area contributed by atoms with E-state index in [1.165, 1.54) is 6.07 Å². The van der Waals surface area contributed by atoms with Gasteiger partial charge >= 0.3 is 0 Å². The normalized spacial score (nSPS) is 15.8. The summed E-state index contributed by atoms with van der Waals surface area (Å²) in [4.78, 5) is 25.3. The second-order valence-electron chi connectivity index (χ2n) is 8.13. The molecule has 0 atom stereocenters. The smallest absolute Gasteiger partial charge is 0.254 e. The molecule has 1 aromatic heterocycles. The molecule has 3 aromatic rings. The van der Waals surface area contributed by atoms with Gasteiger partial charge in [0.1, 0.15) is 11.6 Å². The number of fused-ring (bicyclic) bond motifs is 1. The fourth-order valence-electron chi connectivity index (χ4n) is 4.29. The quantitative estimate of drug-likeness (QED) is 0.533. The van der Waals surface area contributed by atoms with Crippen molar-refractivity contribution in [1.82, 2.24) is 20.2 Å². The zero-order valence-corrected chi connectivity index (χ0v) is 18.4. The largest absolute Gasteiger partial charge is 0.367 e. The van der Waals surface area contributed by atoms with E-state index in [4.69, 9.17) is 0 Å². The van der Waals surface area contributed by atoms with Crippen LogP contribution in [0.15, 0.2) is 48.7 Å². The average Bonchev–Trinajstić information content (AvgIpc) is 3.21. The van der Waals surface area contributed by atoms with E-state index in [0.717, 1.165) is 38.3 Å². The van der Waals surface area contributed by atoms with E-state index in [0.29, 0.717) is 40.9 Å². The van der Waals surface area contributed by atoms with Crippen molar-refractivity contribution in [3.05, 3.63) is 65.6 Å². The van der Waals surface area contributed by atoms with Crippen molar-refractivity contribution in [2.75, 3.05) is 48.3 Å². The number of carbonyl (C=O) groups is 1. The highest BCUT2D eigenvalue weighted by Crippen LogP contribution is 2.28. The van der Waals surface area contributed by atoms with Crippen molar-refractivity contribution in [3.63, 3.8) is 0 Å². The van der Waals surface area contributed by atoms with Crippen LogP contribution in [0, 0.1) is 5.82 Å². The standard InChI is InChI=1S/C24H26FN7O/c1-2-31-10-12-32(13-11-31)20-7-6-17(14-18(20)25)28-24-26-9-8-21(30-24)29-19-5-3-4-16-15-27-23(33)22(16)19/h3-9,14H,2,10-13,15H2,1H3,(H,27,33)(H2,26,28,29,30). The minimum absolute atomic E-state index is 0.104. The van der Waals surface area contributed by atoms with Gasteiger partial charge in [-0.2, -0.15) is 4.98 Å². The summed E-state index contributed by atoms with van der Waals surface area (Å²) < 4.78 is 14.9. The molecule has 0 radical (unpaired) electrons. The van der Waals surface area contributed by atoms with Crippen LogP contribution < -0.4 is 20.9 Å². The third kappa shape index (κ3) is 4.45. The second-order valence-corrected chi connectivity index (χ2v) is 8.13. The summed E-state index contributed by atoms with van der Waals surface area (Å²) in [6, 6.07) is 12.5. The number of nitrogens with zero attached hydrogens (tertiary/aromatic N) is 4. The third-order valence-electron chi connectivity index (χ3n) is 6.10. The molecule has 3 N–H and O–H groups in total. The highest BCUT2D eigenvalue weighted by molar-refractivity contribution is 6.04. The van der Waals surface area contributed by atoms with Crippen LogP contribution in [-0.4, -0.2) is 53.5 Å². The summed E-state index contributed by atoms with van der Waals surface area (Å²) in [6.07, 6.45) is 1.61. The molecule has 2 aliphatic heterocycles. The van der Waals surface area contributed by atoms with Gasteiger partial charge < -0.3 is 25.8 Å². The lowest BCUT2D eigenvalue weighted by Crippen LogP contribution is -2.46. The number of nitrogens with one attached hydrogen (secondary N) is 3. The Balaban J connectivity index is 1.29. The summed E-state index contributed by atoms with van der Waals surface area (Å²) in [6.45, 7) is 7.20. The van der Waals surface area contributed by atoms with E-state index in [-0.39, 0.29) is 11.7 Å². The van der Waals surface area contributed by atoms with Crippen LogP contribution in [-0.2, 0) is 6.54 Å². The van der Waals surface area contributed by atoms with E-state index in [9.17, 15) is 9.18 Å². The number of likely N-dealkylation sites (N-methyl/N-ethyl adjacent to an activating group) is 1. The number of rotatable bonds is 6. The van der Waals surface area contributed by atoms with Gasteiger partial charge in [0, 0.05) is 44.6 Å². The summed E-state index contributed by atoms with van der Waals surface area (Å²) in [5, 5.41) is 9.09. The zero-order chi connectivity index (χ0) is 22.8. The summed E-state index contributed by atoms with van der Waals surface area (Å²) >= 11 is 0. The molecule has 0 spiro atoms. The molecule has 33 heavy (non-hydrogen) atoms. The maximum absolute atomic E-state index is 14.9. The molecular weight excluding hydrogens is 421 g/mol. The van der Waals surface area contributed by atoms with E-state index >= 15 is 0 Å². The van der Waals surface area contributed by atoms with Gasteiger partial charge in [0.25, 0.3) is 5.91 Å². The molecule has 170 valence electrons. The SMILES string of the molecule is CCN1CCN(c2ccc(Nc3nccc(Nc4cccc5c4C(=O)NC5)n3)cc2F)CC1. The van der Waals surface area contributed by atoms with Crippen LogP contribution in [0.4, 0.5) is 33.2 Å². The van der Waals surface area contributed by atoms with Gasteiger partial charge in [-0.15, -0.1) is 0 Å². The molecule has 0 saturated carbocycles. The molecule has 0 bridgehead atoms. The van der Waals surface area contributed by atoms with Crippen LogP contribution in [0.1, 0.15) is 22.8 Å². The number of benzene rings is 2. The van der Waals surface area contributed by atoms with Crippen molar-refractivity contribution < 1.29 is 9.18 Å². The van der Waals surface area contributed by atoms with Crippen LogP contribution in [0.3, 0.4) is 0 Å². The van der Waals surface area contributed by atoms with Gasteiger partial charge in [0.05, 0.1) is 16.9 Å². The highest BCUT2D eigenvalue weighted by atomic mass is 19.1. The molecule has 0 aliphatic carbocycles. The van der Waals surface area contributed by atoms with Crippen molar-refractivity contribution in [2.45, 2.75) is 13.5 Å². The molecule has 1 amide bonds. The first-order chi connectivity index (χ1) is 16.1. The topological polar surface area (TPSA) is 85.4 Å². The Bertz CT molecular complexity index is 1180. The molecule has 3 heterocycles. The Labute approximate surface area is 191 Å². The summed E-state index contributed by atoms with van der Waals surface area (Å²) in [5.74, 6) is 0.490. The lowest BCUT2D eigenvalue weighted by Gasteiger charge is -2.35. The minimum atomic E-state index is -0.273. The first-order valence-corrected chi connectivity index (χ1v) is 11.1. The van der Waals surface area contributed by atoms with E-state index in [2.05, 4.69) is 42.6 Å². The lowest BCUT2D eigenvalue weighted by atomic mass is 10.1. The number of hydrogen-bond donors (Lipinski definition) is 3. The highest BCUT2D eigenvalue weighted by Gasteiger charge is 2.22. The van der Waals surface area contributed by atoms with Crippen LogP contribution in [0.2, 0.25) is 0 Å². The molecule has 2 aromatic carbocycles. The summed E-state index contributed by atoms with van der Waals surface area (Å²) in [5.41, 5.74) is 3.45. The third-order valence-corrected chi connectivity index (χ3v) is 6.10. The van der Waals surface area contributed by atoms with Gasteiger partial charge in [-0.25, -0.2) is 9.37 Å². The maximum atomic E-state index is 14.9. The molecule has 8 nitrogen and oxygen atoms in total. The van der Waals surface area contributed by atoms with E-state index in [1.807, 2.05) is 24.3 Å². The van der Waals surface area contributed by atoms with Gasteiger partial charge in [-0.3, -0.25) is 4.79 Å². The number of halogens is 1. The van der Waals surface area contributed by atoms with E-state index < -0.39 is 0 Å². The van der Waals surface area contributed by atoms with Crippen molar-refractivity contribution >= 4 is 34.7 Å². The van der Waals surface area contributed by atoms with Gasteiger partial charge in [-0.1, -0.05) is 19.1 Å². The molecular formula is C24H26FN7O. The Kier molecular flexibility index (Phi) is 5.78. The van der Waals surface area contributed by atoms with Gasteiger partial charge in [0.15, 0.2) is 0 Å². The lowest BCUT2D eigenvalue weighted by molar-refractivity contribution is 0.0966. The maximum Gasteiger partial charge on any atom is 0.254 e. The number of aromatic nitrogens is 2. The minimum Gasteiger partial charge on any atom is -0.367 e. The number of carbonyl (C=O) groups excluding carboxylic acids is 1. The van der Waals surface area contributed by atoms with Crippen LogP contribution >= 0.6 is 0 Å². The Morgan fingerprint density at radius 1 is 1.09 bits per heavy atom. The average molecular weight is 448 g/mol. The van der Waals surface area contributed by atoms with Gasteiger partial charge in [-0.05, 0) is 42.4 Å². The fourth-order valence-corrected chi connectivity index (χ4v) is 4.29. The fraction of sp³-hybridized carbons (Fsp3) is 0.292. The Hall–Kier alpha value is -3.72. The molecule has 2 aliphatic rings. The first-order valence-electron chi connectivity index (χ1n) is 11.1. The number of anilines is 5. The van der Waals surface area contributed by atoms with Crippen molar-refractivity contribution in [3.8, 4) is 0 Å². The Morgan fingerprint density at radius 2 is 1.94 bits per heavy atom. The predicted octanol–water partition coefficient (Wildman–Crippen LogP) is 3.49. The Morgan fingerprint density at radius 3 is 2.73 bits per heavy atom. The zero-order valence-electron chi connectivity index (χ0n) is 18.4. The van der Waals surface area contributed by atoms with Crippen LogP contribution in [0.5, 0.6) is 0 Å².